The minimum atomic E-state index is -0.758. The van der Waals surface area contributed by atoms with Gasteiger partial charge in [-0.1, -0.05) is 20.8 Å². The molecular formula is C15H29NO3. The molecule has 0 aromatic carbocycles. The molecule has 4 nitrogen and oxygen atoms in total. The average Bonchev–Trinajstić information content (AvgIpc) is 3.16. The third-order valence-corrected chi connectivity index (χ3v) is 4.14. The van der Waals surface area contributed by atoms with E-state index in [-0.39, 0.29) is 6.10 Å². The maximum Gasteiger partial charge on any atom is 0.323 e. The molecule has 4 heteroatoms. The quantitative estimate of drug-likeness (QED) is 0.600. The molecule has 1 aliphatic carbocycles. The third kappa shape index (κ3) is 5.11. The predicted octanol–water partition coefficient (Wildman–Crippen LogP) is 2.81. The molecule has 0 heterocycles. The molecule has 0 aromatic heterocycles. The number of ether oxygens (including phenoxy) is 1. The van der Waals surface area contributed by atoms with Crippen molar-refractivity contribution < 1.29 is 14.6 Å². The Kier molecular flexibility index (Phi) is 6.27. The zero-order chi connectivity index (χ0) is 14.5. The molecule has 1 saturated carbocycles. The summed E-state index contributed by atoms with van der Waals surface area (Å²) in [5.41, 5.74) is -0.758. The number of aliphatic carboxylic acids is 1. The highest BCUT2D eigenvalue weighted by molar-refractivity contribution is 5.78. The smallest absolute Gasteiger partial charge is 0.323 e. The van der Waals surface area contributed by atoms with Crippen molar-refractivity contribution >= 4 is 5.97 Å². The standard InChI is InChI=1S/C15H29NO3/c1-5-15(14(17)18,16-13-7-8-13)9-6-10-19-12(4)11(2)3/h11-13,16H,5-10H2,1-4H3,(H,17,18). The number of carbonyl (C=O) groups is 1. The van der Waals surface area contributed by atoms with Crippen LogP contribution in [0.1, 0.15) is 59.8 Å². The first kappa shape index (κ1) is 16.4. The molecule has 0 saturated heterocycles. The third-order valence-electron chi connectivity index (χ3n) is 4.14. The van der Waals surface area contributed by atoms with Crippen molar-refractivity contribution in [1.29, 1.82) is 0 Å². The molecule has 2 N–H and O–H groups in total. The highest BCUT2D eigenvalue weighted by Crippen LogP contribution is 2.27. The lowest BCUT2D eigenvalue weighted by Crippen LogP contribution is -2.52. The van der Waals surface area contributed by atoms with E-state index < -0.39 is 11.5 Å². The Morgan fingerprint density at radius 1 is 1.42 bits per heavy atom. The van der Waals surface area contributed by atoms with Gasteiger partial charge in [-0.25, -0.2) is 0 Å². The molecule has 19 heavy (non-hydrogen) atoms. The summed E-state index contributed by atoms with van der Waals surface area (Å²) < 4.78 is 5.72. The van der Waals surface area contributed by atoms with Gasteiger partial charge in [0.15, 0.2) is 0 Å². The van der Waals surface area contributed by atoms with E-state index in [0.717, 1.165) is 19.3 Å². The fourth-order valence-corrected chi connectivity index (χ4v) is 2.12. The summed E-state index contributed by atoms with van der Waals surface area (Å²) in [6.07, 6.45) is 4.50. The lowest BCUT2D eigenvalue weighted by atomic mass is 9.90. The van der Waals surface area contributed by atoms with Crippen LogP contribution in [-0.4, -0.2) is 35.4 Å². The summed E-state index contributed by atoms with van der Waals surface area (Å²) in [6.45, 7) is 8.92. The minimum Gasteiger partial charge on any atom is -0.480 e. The second-order valence-electron chi connectivity index (χ2n) is 6.08. The Labute approximate surface area is 116 Å². The van der Waals surface area contributed by atoms with E-state index in [1.54, 1.807) is 0 Å². The monoisotopic (exact) mass is 271 g/mol. The SMILES string of the molecule is CCC(CCCOC(C)C(C)C)(NC1CC1)C(=O)O. The Balaban J connectivity index is 2.38. The van der Waals surface area contributed by atoms with Gasteiger partial charge in [0.05, 0.1) is 6.10 Å². The Morgan fingerprint density at radius 2 is 2.05 bits per heavy atom. The Hall–Kier alpha value is -0.610. The van der Waals surface area contributed by atoms with Crippen molar-refractivity contribution in [1.82, 2.24) is 5.32 Å². The van der Waals surface area contributed by atoms with Crippen LogP contribution in [0.5, 0.6) is 0 Å². The Morgan fingerprint density at radius 3 is 2.47 bits per heavy atom. The van der Waals surface area contributed by atoms with Crippen LogP contribution in [0.15, 0.2) is 0 Å². The molecule has 1 aliphatic rings. The summed E-state index contributed by atoms with van der Waals surface area (Å²) in [6, 6.07) is 0.409. The molecule has 0 aliphatic heterocycles. The molecule has 2 atom stereocenters. The number of hydrogen-bond donors (Lipinski definition) is 2. The van der Waals surface area contributed by atoms with Crippen LogP contribution in [0.25, 0.3) is 0 Å². The summed E-state index contributed by atoms with van der Waals surface area (Å²) in [7, 11) is 0. The van der Waals surface area contributed by atoms with E-state index >= 15 is 0 Å². The molecule has 112 valence electrons. The maximum atomic E-state index is 11.5. The van der Waals surface area contributed by atoms with Gasteiger partial charge in [0, 0.05) is 12.6 Å². The summed E-state index contributed by atoms with van der Waals surface area (Å²) in [5, 5.41) is 12.8. The molecule has 2 unspecified atom stereocenters. The van der Waals surface area contributed by atoms with Crippen LogP contribution >= 0.6 is 0 Å². The van der Waals surface area contributed by atoms with Crippen molar-refractivity contribution in [2.24, 2.45) is 5.92 Å². The van der Waals surface area contributed by atoms with Crippen molar-refractivity contribution in [2.75, 3.05) is 6.61 Å². The van der Waals surface area contributed by atoms with E-state index in [0.29, 0.717) is 31.4 Å². The van der Waals surface area contributed by atoms with Gasteiger partial charge in [-0.15, -0.1) is 0 Å². The van der Waals surface area contributed by atoms with Crippen LogP contribution in [-0.2, 0) is 9.53 Å². The number of hydrogen-bond acceptors (Lipinski definition) is 3. The molecule has 0 amide bonds. The zero-order valence-corrected chi connectivity index (χ0v) is 12.7. The fourth-order valence-electron chi connectivity index (χ4n) is 2.12. The molecule has 1 fully saturated rings. The molecule has 0 bridgehead atoms. The van der Waals surface area contributed by atoms with Gasteiger partial charge in [0.1, 0.15) is 5.54 Å². The fraction of sp³-hybridized carbons (Fsp3) is 0.933. The molecule has 0 aromatic rings. The van der Waals surface area contributed by atoms with Gasteiger partial charge in [-0.3, -0.25) is 10.1 Å². The summed E-state index contributed by atoms with van der Waals surface area (Å²) in [5.74, 6) is -0.223. The van der Waals surface area contributed by atoms with Gasteiger partial charge in [0.25, 0.3) is 0 Å². The minimum absolute atomic E-state index is 0.234. The zero-order valence-electron chi connectivity index (χ0n) is 12.7. The average molecular weight is 271 g/mol. The van der Waals surface area contributed by atoms with Crippen molar-refractivity contribution in [3.63, 3.8) is 0 Å². The molecular weight excluding hydrogens is 242 g/mol. The van der Waals surface area contributed by atoms with Crippen molar-refractivity contribution in [2.45, 2.75) is 77.5 Å². The lowest BCUT2D eigenvalue weighted by molar-refractivity contribution is -0.145. The van der Waals surface area contributed by atoms with Crippen LogP contribution in [0.2, 0.25) is 0 Å². The Bertz CT molecular complexity index is 289. The second-order valence-corrected chi connectivity index (χ2v) is 6.08. The van der Waals surface area contributed by atoms with Crippen molar-refractivity contribution in [3.05, 3.63) is 0 Å². The lowest BCUT2D eigenvalue weighted by Gasteiger charge is -2.30. The second kappa shape index (κ2) is 7.25. The van der Waals surface area contributed by atoms with Crippen molar-refractivity contribution in [3.8, 4) is 0 Å². The number of nitrogens with one attached hydrogen (secondary N) is 1. The largest absolute Gasteiger partial charge is 0.480 e. The predicted molar refractivity (Wildman–Crippen MR) is 76.3 cm³/mol. The van der Waals surface area contributed by atoms with Gasteiger partial charge >= 0.3 is 5.97 Å². The summed E-state index contributed by atoms with van der Waals surface area (Å²) in [4.78, 5) is 11.5. The van der Waals surface area contributed by atoms with Gasteiger partial charge in [0.2, 0.25) is 0 Å². The molecule has 0 spiro atoms. The summed E-state index contributed by atoms with van der Waals surface area (Å²) >= 11 is 0. The van der Waals surface area contributed by atoms with Crippen LogP contribution in [0.3, 0.4) is 0 Å². The van der Waals surface area contributed by atoms with E-state index in [1.165, 1.54) is 0 Å². The van der Waals surface area contributed by atoms with Crippen LogP contribution < -0.4 is 5.32 Å². The highest BCUT2D eigenvalue weighted by Gasteiger charge is 2.40. The topological polar surface area (TPSA) is 58.6 Å². The highest BCUT2D eigenvalue weighted by atomic mass is 16.5. The van der Waals surface area contributed by atoms with Gasteiger partial charge in [-0.2, -0.15) is 0 Å². The first-order chi connectivity index (χ1) is 8.91. The van der Waals surface area contributed by atoms with E-state index in [9.17, 15) is 9.90 Å². The first-order valence-corrected chi connectivity index (χ1v) is 7.54. The molecule has 0 radical (unpaired) electrons. The number of rotatable bonds is 10. The first-order valence-electron chi connectivity index (χ1n) is 7.54. The van der Waals surface area contributed by atoms with Gasteiger partial charge < -0.3 is 9.84 Å². The van der Waals surface area contributed by atoms with Crippen LogP contribution in [0, 0.1) is 5.92 Å². The van der Waals surface area contributed by atoms with E-state index in [1.807, 2.05) is 6.92 Å². The maximum absolute atomic E-state index is 11.5. The van der Waals surface area contributed by atoms with E-state index in [2.05, 4.69) is 26.1 Å². The van der Waals surface area contributed by atoms with Crippen LogP contribution in [0.4, 0.5) is 0 Å². The van der Waals surface area contributed by atoms with E-state index in [4.69, 9.17) is 4.74 Å². The number of carboxylic acids is 1. The number of carboxylic acid groups (broad SMARTS) is 1. The normalized spacial score (nSPS) is 20.3. The van der Waals surface area contributed by atoms with Gasteiger partial charge in [-0.05, 0) is 44.9 Å². The molecule has 1 rings (SSSR count).